The largest absolute Gasteiger partial charge is 0.543 e. The fourth-order valence-corrected chi connectivity index (χ4v) is 22.4. The molecule has 370 valence electrons. The maximum atomic E-state index is 16.9. The second kappa shape index (κ2) is 22.5. The van der Waals surface area contributed by atoms with Crippen LogP contribution in [0.15, 0.2) is 182 Å². The summed E-state index contributed by atoms with van der Waals surface area (Å²) in [6.07, 6.45) is 0. The molecule has 0 atom stereocenters. The summed E-state index contributed by atoms with van der Waals surface area (Å²) < 4.78 is 48.3. The number of hydrogen-bond donors (Lipinski definition) is 0. The van der Waals surface area contributed by atoms with Gasteiger partial charge in [-0.15, -0.1) is 0 Å². The van der Waals surface area contributed by atoms with Crippen LogP contribution < -0.4 is 8.85 Å². The van der Waals surface area contributed by atoms with Crippen molar-refractivity contribution in [3.63, 3.8) is 0 Å². The SMILES string of the molecule is CC(C)[Si](Oc1cccc(C(C#Cc2cc(F)c(C#CC(c3ccccc3)(c3ccccc3)c3cccc(O[Si](C(C)C)(C(C)C)C(C)C)c3)cc2F)(c2ccccc2)c2ccccc2)c1)(C(C)C)C(C)C. The zero-order valence-electron chi connectivity index (χ0n) is 44.4. The number of rotatable bonds is 16. The lowest BCUT2D eigenvalue weighted by Gasteiger charge is -2.42. The first-order valence-electron chi connectivity index (χ1n) is 25.8. The van der Waals surface area contributed by atoms with Gasteiger partial charge in [-0.3, -0.25) is 0 Å². The lowest BCUT2D eigenvalue weighted by atomic mass is 9.69. The lowest BCUT2D eigenvalue weighted by Crippen LogP contribution is -2.50. The molecular weight excluding hydrogens is 919 g/mol. The van der Waals surface area contributed by atoms with Gasteiger partial charge < -0.3 is 8.85 Å². The summed E-state index contributed by atoms with van der Waals surface area (Å²) >= 11 is 0. The minimum atomic E-state index is -2.34. The van der Waals surface area contributed by atoms with Crippen molar-refractivity contribution < 1.29 is 17.6 Å². The highest BCUT2D eigenvalue weighted by Gasteiger charge is 2.48. The molecule has 0 N–H and O–H groups in total. The Morgan fingerprint density at radius 3 is 0.833 bits per heavy atom. The van der Waals surface area contributed by atoms with Gasteiger partial charge in [0.2, 0.25) is 0 Å². The van der Waals surface area contributed by atoms with E-state index in [1.165, 1.54) is 12.1 Å². The van der Waals surface area contributed by atoms with Crippen LogP contribution in [0.5, 0.6) is 11.5 Å². The number of halogens is 2. The molecule has 0 bridgehead atoms. The van der Waals surface area contributed by atoms with E-state index in [0.29, 0.717) is 33.2 Å². The summed E-state index contributed by atoms with van der Waals surface area (Å²) in [6.45, 7) is 27.3. The first kappa shape index (κ1) is 53.4. The molecule has 0 amide bonds. The standard InChI is InChI=1S/C66H72F2O2Si2/c1-47(2)71(48(3)4,49(5)6)69-61-37-25-35-59(45-61)65(55-27-17-13-18-28-55,56-29-19-14-20-30-56)41-39-53-43-64(68)54(44-63(53)67)40-42-66(57-31-21-15-22-32-57,58-33-23-16-24-34-58)60-36-26-38-62(46-60)70-72(50(7)8,51(9)10)52(11)12/h13-38,43-52H,1-12H3. The van der Waals surface area contributed by atoms with Gasteiger partial charge in [0.05, 0.1) is 11.1 Å². The van der Waals surface area contributed by atoms with Crippen LogP contribution in [0.25, 0.3) is 0 Å². The van der Waals surface area contributed by atoms with E-state index in [0.717, 1.165) is 44.9 Å². The van der Waals surface area contributed by atoms with Crippen molar-refractivity contribution >= 4 is 16.6 Å². The lowest BCUT2D eigenvalue weighted by molar-refractivity contribution is 0.478. The molecule has 6 heteroatoms. The van der Waals surface area contributed by atoms with Crippen molar-refractivity contribution in [1.29, 1.82) is 0 Å². The van der Waals surface area contributed by atoms with E-state index in [-0.39, 0.29) is 11.1 Å². The van der Waals surface area contributed by atoms with E-state index in [1.807, 2.05) is 146 Å². The monoisotopic (exact) mass is 991 g/mol. The average molecular weight is 991 g/mol. The molecule has 7 rings (SSSR count). The molecule has 0 heterocycles. The minimum absolute atomic E-state index is 0.0668. The number of benzene rings is 7. The summed E-state index contributed by atoms with van der Waals surface area (Å²) in [4.78, 5) is 0. The van der Waals surface area contributed by atoms with Crippen molar-refractivity contribution in [2.45, 2.75) is 127 Å². The highest BCUT2D eigenvalue weighted by molar-refractivity contribution is 6.78. The second-order valence-corrected chi connectivity index (χ2v) is 31.9. The molecule has 0 fully saturated rings. The average Bonchev–Trinajstić information content (AvgIpc) is 3.37. The fourth-order valence-electron chi connectivity index (χ4n) is 11.9. The Morgan fingerprint density at radius 1 is 0.333 bits per heavy atom. The van der Waals surface area contributed by atoms with Crippen molar-refractivity contribution in [1.82, 2.24) is 0 Å². The zero-order valence-corrected chi connectivity index (χ0v) is 46.4. The van der Waals surface area contributed by atoms with Crippen LogP contribution in [-0.4, -0.2) is 16.6 Å². The third-order valence-corrected chi connectivity index (χ3v) is 27.2. The van der Waals surface area contributed by atoms with Crippen molar-refractivity contribution in [2.24, 2.45) is 0 Å². The smallest absolute Gasteiger partial charge is 0.258 e. The summed E-state index contributed by atoms with van der Waals surface area (Å²) in [5.74, 6) is 13.7. The third kappa shape index (κ3) is 10.3. The maximum Gasteiger partial charge on any atom is 0.258 e. The van der Waals surface area contributed by atoms with Crippen LogP contribution in [0, 0.1) is 35.3 Å². The Labute approximate surface area is 432 Å². The van der Waals surface area contributed by atoms with Gasteiger partial charge in [0.1, 0.15) is 34.0 Å². The molecule has 0 unspecified atom stereocenters. The molecular formula is C66H72F2O2Si2. The molecule has 0 spiro atoms. The summed E-state index contributed by atoms with van der Waals surface area (Å²) in [6, 6.07) is 59.0. The molecule has 7 aromatic rings. The highest BCUT2D eigenvalue weighted by Crippen LogP contribution is 2.47. The molecule has 7 aromatic carbocycles. The topological polar surface area (TPSA) is 18.5 Å². The van der Waals surface area contributed by atoms with Gasteiger partial charge >= 0.3 is 0 Å². The molecule has 0 aliphatic heterocycles. The van der Waals surface area contributed by atoms with E-state index in [9.17, 15) is 0 Å². The molecule has 0 aromatic heterocycles. The predicted molar refractivity (Wildman–Crippen MR) is 302 cm³/mol. The van der Waals surface area contributed by atoms with E-state index < -0.39 is 39.1 Å². The van der Waals surface area contributed by atoms with Crippen molar-refractivity contribution in [3.05, 3.63) is 238 Å². The van der Waals surface area contributed by atoms with E-state index >= 15 is 8.78 Å². The van der Waals surface area contributed by atoms with Crippen LogP contribution in [0.1, 0.15) is 128 Å². The molecule has 0 aliphatic carbocycles. The van der Waals surface area contributed by atoms with E-state index in [4.69, 9.17) is 8.85 Å². The van der Waals surface area contributed by atoms with Crippen molar-refractivity contribution in [3.8, 4) is 35.2 Å². The molecule has 0 saturated carbocycles. The maximum absolute atomic E-state index is 16.9. The van der Waals surface area contributed by atoms with Gasteiger partial charge in [0.25, 0.3) is 16.6 Å². The van der Waals surface area contributed by atoms with Gasteiger partial charge in [-0.05, 0) is 103 Å². The van der Waals surface area contributed by atoms with Crippen LogP contribution in [0.2, 0.25) is 33.2 Å². The highest BCUT2D eigenvalue weighted by atomic mass is 28.4. The van der Waals surface area contributed by atoms with Gasteiger partial charge in [-0.1, -0.05) is 252 Å². The Hall–Kier alpha value is -6.45. The fraction of sp³-hybridized carbons (Fsp3) is 0.303. The van der Waals surface area contributed by atoms with Gasteiger partial charge in [-0.2, -0.15) is 0 Å². The second-order valence-electron chi connectivity index (χ2n) is 21.2. The minimum Gasteiger partial charge on any atom is -0.543 e. The Balaban J connectivity index is 1.40. The van der Waals surface area contributed by atoms with Crippen LogP contribution in [-0.2, 0) is 10.8 Å². The molecule has 0 saturated heterocycles. The zero-order chi connectivity index (χ0) is 51.8. The van der Waals surface area contributed by atoms with E-state index in [2.05, 4.69) is 131 Å². The van der Waals surface area contributed by atoms with Gasteiger partial charge in [0.15, 0.2) is 0 Å². The quantitative estimate of drug-likeness (QED) is 0.0546. The van der Waals surface area contributed by atoms with Crippen LogP contribution in [0.3, 0.4) is 0 Å². The van der Waals surface area contributed by atoms with Gasteiger partial charge in [-0.25, -0.2) is 8.78 Å². The Morgan fingerprint density at radius 2 is 0.583 bits per heavy atom. The Bertz CT molecular complexity index is 2700. The molecule has 2 nitrogen and oxygen atoms in total. The molecule has 72 heavy (non-hydrogen) atoms. The first-order valence-corrected chi connectivity index (χ1v) is 30.1. The van der Waals surface area contributed by atoms with Gasteiger partial charge in [0, 0.05) is 0 Å². The van der Waals surface area contributed by atoms with Crippen LogP contribution >= 0.6 is 0 Å². The summed E-state index contributed by atoms with van der Waals surface area (Å²) in [5, 5.41) is 0. The molecule has 0 radical (unpaired) electrons. The summed E-state index contributed by atoms with van der Waals surface area (Å²) in [5.41, 5.74) is 5.17. The van der Waals surface area contributed by atoms with E-state index in [1.54, 1.807) is 0 Å². The normalized spacial score (nSPS) is 12.3. The summed E-state index contributed by atoms with van der Waals surface area (Å²) in [7, 11) is -4.68. The predicted octanol–water partition coefficient (Wildman–Crippen LogP) is 17.8. The van der Waals surface area contributed by atoms with Crippen LogP contribution in [0.4, 0.5) is 8.78 Å². The third-order valence-electron chi connectivity index (χ3n) is 15.2. The van der Waals surface area contributed by atoms with Crippen molar-refractivity contribution in [2.75, 3.05) is 0 Å². The molecule has 0 aliphatic rings. The number of hydrogen-bond acceptors (Lipinski definition) is 2. The first-order chi connectivity index (χ1) is 34.4. The Kier molecular flexibility index (Phi) is 16.7.